The van der Waals surface area contributed by atoms with Crippen molar-refractivity contribution in [3.8, 4) is 5.75 Å². The molecule has 8 nitrogen and oxygen atoms in total. The Kier molecular flexibility index (Phi) is 11.3. The number of ether oxygens (including phenoxy) is 1. The predicted octanol–water partition coefficient (Wildman–Crippen LogP) is 7.33. The van der Waals surface area contributed by atoms with Crippen molar-refractivity contribution in [2.24, 2.45) is 0 Å². The Morgan fingerprint density at radius 2 is 1.74 bits per heavy atom. The molecule has 1 amide bonds. The van der Waals surface area contributed by atoms with E-state index < -0.39 is 22.4 Å². The highest BCUT2D eigenvalue weighted by Crippen LogP contribution is 2.31. The Hall–Kier alpha value is -3.38. The van der Waals surface area contributed by atoms with Crippen LogP contribution in [0.25, 0.3) is 0 Å². The van der Waals surface area contributed by atoms with E-state index in [4.69, 9.17) is 21.4 Å². The van der Waals surface area contributed by atoms with Crippen LogP contribution < -0.4 is 10.1 Å². The van der Waals surface area contributed by atoms with Gasteiger partial charge in [-0.2, -0.15) is 0 Å². The molecule has 0 bridgehead atoms. The van der Waals surface area contributed by atoms with Gasteiger partial charge in [-0.1, -0.05) is 55.4 Å². The van der Waals surface area contributed by atoms with Crippen molar-refractivity contribution >= 4 is 62.1 Å². The number of aryl methyl sites for hydroxylation is 1. The molecule has 3 aromatic carbocycles. The molecular weight excluding hydrogens is 628 g/mol. The number of carboxylic acid groups (broad SMARTS) is 1. The second-order valence-electron chi connectivity index (χ2n) is 10.0. The van der Waals surface area contributed by atoms with Crippen LogP contribution in [0, 0.1) is 0 Å². The lowest BCUT2D eigenvalue weighted by Crippen LogP contribution is -2.15. The van der Waals surface area contributed by atoms with Gasteiger partial charge in [-0.25, -0.2) is 18.2 Å². The highest BCUT2D eigenvalue weighted by molar-refractivity contribution is 8.00. The van der Waals surface area contributed by atoms with Gasteiger partial charge in [-0.3, -0.25) is 4.79 Å². The maximum absolute atomic E-state index is 13.1. The monoisotopic (exact) mass is 658 g/mol. The molecular formula is C31H31ClN2O6S3. The molecule has 0 unspecified atom stereocenters. The largest absolute Gasteiger partial charge is 0.480 e. The van der Waals surface area contributed by atoms with Crippen molar-refractivity contribution in [3.05, 3.63) is 99.5 Å². The van der Waals surface area contributed by atoms with Gasteiger partial charge >= 0.3 is 5.97 Å². The highest BCUT2D eigenvalue weighted by Gasteiger charge is 2.16. The van der Waals surface area contributed by atoms with E-state index in [2.05, 4.69) is 24.1 Å². The van der Waals surface area contributed by atoms with Gasteiger partial charge in [0.05, 0.1) is 16.3 Å². The van der Waals surface area contributed by atoms with E-state index in [-0.39, 0.29) is 22.3 Å². The van der Waals surface area contributed by atoms with Crippen LogP contribution in [0.1, 0.15) is 52.5 Å². The number of carboxylic acids is 1. The van der Waals surface area contributed by atoms with Gasteiger partial charge < -0.3 is 15.2 Å². The van der Waals surface area contributed by atoms with Crippen LogP contribution in [-0.2, 0) is 26.8 Å². The molecule has 0 aliphatic carbocycles. The van der Waals surface area contributed by atoms with Crippen LogP contribution in [0.3, 0.4) is 0 Å². The van der Waals surface area contributed by atoms with Gasteiger partial charge in [0.1, 0.15) is 10.1 Å². The minimum atomic E-state index is -3.49. The number of hydrogen-bond donors (Lipinski definition) is 2. The zero-order valence-electron chi connectivity index (χ0n) is 23.6. The summed E-state index contributed by atoms with van der Waals surface area (Å²) in [6.07, 6.45) is 2.67. The summed E-state index contributed by atoms with van der Waals surface area (Å²) in [6, 6.07) is 18.2. The Bertz CT molecular complexity index is 1670. The summed E-state index contributed by atoms with van der Waals surface area (Å²) >= 11 is 9.20. The highest BCUT2D eigenvalue weighted by atomic mass is 35.5. The molecule has 12 heteroatoms. The lowest BCUT2D eigenvalue weighted by Gasteiger charge is -2.14. The number of thioether (sulfide) groups is 1. The van der Waals surface area contributed by atoms with Crippen LogP contribution in [0.2, 0.25) is 5.02 Å². The van der Waals surface area contributed by atoms with Crippen molar-refractivity contribution in [1.29, 1.82) is 0 Å². The van der Waals surface area contributed by atoms with Gasteiger partial charge in [-0.05, 0) is 78.4 Å². The number of sulfone groups is 1. The van der Waals surface area contributed by atoms with E-state index in [1.54, 1.807) is 53.4 Å². The van der Waals surface area contributed by atoms with Crippen molar-refractivity contribution in [2.75, 3.05) is 17.7 Å². The van der Waals surface area contributed by atoms with Crippen molar-refractivity contribution in [2.45, 2.75) is 47.6 Å². The number of nitrogens with one attached hydrogen (secondary N) is 1. The molecule has 2 N–H and O–H groups in total. The van der Waals surface area contributed by atoms with E-state index in [1.165, 1.54) is 29.1 Å². The molecule has 4 rings (SSSR count). The molecule has 0 fully saturated rings. The summed E-state index contributed by atoms with van der Waals surface area (Å²) in [5, 5.41) is 12.3. The molecule has 43 heavy (non-hydrogen) atoms. The summed E-state index contributed by atoms with van der Waals surface area (Å²) in [6.45, 7) is 3.70. The summed E-state index contributed by atoms with van der Waals surface area (Å²) in [5.74, 6) is -0.249. The molecule has 1 aromatic heterocycles. The van der Waals surface area contributed by atoms with Crippen LogP contribution in [0.15, 0.2) is 82.2 Å². The maximum Gasteiger partial charge on any atom is 0.341 e. The second-order valence-corrected chi connectivity index (χ2v) is 14.8. The number of thiazole rings is 1. The molecule has 0 spiro atoms. The summed E-state index contributed by atoms with van der Waals surface area (Å²) < 4.78 is 31.8. The van der Waals surface area contributed by atoms with E-state index in [9.17, 15) is 18.0 Å². The topological polar surface area (TPSA) is 123 Å². The zero-order valence-corrected chi connectivity index (χ0v) is 26.8. The first-order valence-electron chi connectivity index (χ1n) is 13.4. The molecule has 1 heterocycles. The molecule has 226 valence electrons. The molecule has 4 aromatic rings. The smallest absolute Gasteiger partial charge is 0.341 e. The first-order valence-corrected chi connectivity index (χ1v) is 17.3. The summed E-state index contributed by atoms with van der Waals surface area (Å²) in [5.41, 5.74) is 2.53. The van der Waals surface area contributed by atoms with Gasteiger partial charge in [0, 0.05) is 27.4 Å². The van der Waals surface area contributed by atoms with E-state index in [1.807, 2.05) is 18.3 Å². The quantitative estimate of drug-likeness (QED) is 0.135. The average molecular weight is 659 g/mol. The van der Waals surface area contributed by atoms with E-state index in [0.29, 0.717) is 35.0 Å². The fourth-order valence-electron chi connectivity index (χ4n) is 4.02. The number of halogens is 1. The molecule has 0 saturated carbocycles. The third-order valence-electron chi connectivity index (χ3n) is 6.34. The predicted molar refractivity (Wildman–Crippen MR) is 172 cm³/mol. The van der Waals surface area contributed by atoms with E-state index in [0.717, 1.165) is 21.2 Å². The number of rotatable bonds is 14. The molecule has 0 atom stereocenters. The maximum atomic E-state index is 13.1. The van der Waals surface area contributed by atoms with E-state index >= 15 is 0 Å². The fourth-order valence-corrected chi connectivity index (χ4v) is 7.41. The van der Waals surface area contributed by atoms with Crippen molar-refractivity contribution in [3.63, 3.8) is 0 Å². The molecule has 0 aliphatic rings. The lowest BCUT2D eigenvalue weighted by atomic mass is 10.1. The Labute approximate surface area is 264 Å². The third kappa shape index (κ3) is 9.56. The number of aliphatic carboxylic acids is 1. The van der Waals surface area contributed by atoms with Crippen molar-refractivity contribution in [1.82, 2.24) is 4.98 Å². The van der Waals surface area contributed by atoms with Crippen LogP contribution in [-0.4, -0.2) is 42.7 Å². The average Bonchev–Trinajstić information content (AvgIpc) is 3.46. The van der Waals surface area contributed by atoms with Gasteiger partial charge in [0.15, 0.2) is 16.4 Å². The van der Waals surface area contributed by atoms with Crippen LogP contribution >= 0.6 is 34.7 Å². The summed E-state index contributed by atoms with van der Waals surface area (Å²) in [7, 11) is -3.49. The Balaban J connectivity index is 1.40. The zero-order chi connectivity index (χ0) is 31.0. The molecule has 0 aliphatic heterocycles. The minimum Gasteiger partial charge on any atom is -0.480 e. The first-order chi connectivity index (χ1) is 20.5. The Morgan fingerprint density at radius 3 is 2.40 bits per heavy atom. The number of hydrogen-bond acceptors (Lipinski definition) is 8. The first kappa shape index (κ1) is 32.5. The normalized spacial score (nSPS) is 11.4. The van der Waals surface area contributed by atoms with Gasteiger partial charge in [0.2, 0.25) is 0 Å². The lowest BCUT2D eigenvalue weighted by molar-refractivity contribution is -0.139. The number of aromatic nitrogens is 1. The summed E-state index contributed by atoms with van der Waals surface area (Å²) in [4.78, 5) is 30.1. The fraction of sp³-hybridized carbons (Fsp3) is 0.258. The van der Waals surface area contributed by atoms with Gasteiger partial charge in [-0.15, -0.1) is 11.3 Å². The van der Waals surface area contributed by atoms with Gasteiger partial charge in [0.25, 0.3) is 5.91 Å². The molecule has 0 saturated heterocycles. The standard InChI is InChI=1S/C31H31ClN2O6S3/c1-20(2)28-17-33-31(42-28)41-19-22-5-8-23(9-6-22)30(37)34-26-16-21(7-14-27(26)40-18-29(35)36)4-3-15-43(38,39)25-12-10-24(32)11-13-25/h5-14,16-17,20H,3-4,15,18-19H2,1-2H3,(H,34,37)(H,35,36). The number of anilines is 1. The number of benzene rings is 3. The number of carbonyl (C=O) groups is 2. The number of amides is 1. The van der Waals surface area contributed by atoms with Crippen LogP contribution in [0.4, 0.5) is 5.69 Å². The Morgan fingerprint density at radius 1 is 1.05 bits per heavy atom. The number of carbonyl (C=O) groups excluding carboxylic acids is 1. The van der Waals surface area contributed by atoms with Crippen molar-refractivity contribution < 1.29 is 27.9 Å². The second kappa shape index (κ2) is 14.9. The third-order valence-corrected chi connectivity index (χ3v) is 10.9. The number of nitrogens with zero attached hydrogens (tertiary/aromatic N) is 1. The molecule has 0 radical (unpaired) electrons. The van der Waals surface area contributed by atoms with Crippen LogP contribution in [0.5, 0.6) is 5.75 Å². The SMILES string of the molecule is CC(C)c1cnc(SCc2ccc(C(=O)Nc3cc(CCCS(=O)(=O)c4ccc(Cl)cc4)ccc3OCC(=O)O)cc2)s1. The minimum absolute atomic E-state index is 0.0698.